The lowest BCUT2D eigenvalue weighted by molar-refractivity contribution is -0.130. The number of carbonyl (C=O) groups excluding carboxylic acids is 1. The Morgan fingerprint density at radius 3 is 2.52 bits per heavy atom. The van der Waals surface area contributed by atoms with E-state index in [1.807, 2.05) is 42.7 Å². The minimum Gasteiger partial charge on any atom is -0.483 e. The first kappa shape index (κ1) is 22.6. The van der Waals surface area contributed by atoms with E-state index in [9.17, 15) is 4.79 Å². The quantitative estimate of drug-likeness (QED) is 0.407. The van der Waals surface area contributed by atoms with Crippen LogP contribution in [-0.4, -0.2) is 41.1 Å². The fourth-order valence-electron chi connectivity index (χ4n) is 3.82. The van der Waals surface area contributed by atoms with Crippen molar-refractivity contribution >= 4 is 16.9 Å². The maximum absolute atomic E-state index is 11.9. The summed E-state index contributed by atoms with van der Waals surface area (Å²) in [7, 11) is 3.46. The second kappa shape index (κ2) is 10.3. The van der Waals surface area contributed by atoms with Crippen LogP contribution in [0.15, 0.2) is 79.1 Å². The van der Waals surface area contributed by atoms with Crippen molar-refractivity contribution in [2.75, 3.05) is 20.7 Å². The van der Waals surface area contributed by atoms with E-state index >= 15 is 0 Å². The summed E-state index contributed by atoms with van der Waals surface area (Å²) < 4.78 is 7.95. The molecule has 4 rings (SSSR count). The predicted molar refractivity (Wildman–Crippen MR) is 132 cm³/mol. The van der Waals surface area contributed by atoms with Crippen molar-refractivity contribution in [1.29, 1.82) is 0 Å². The number of ether oxygens (including phenoxy) is 1. The Morgan fingerprint density at radius 2 is 1.76 bits per heavy atom. The van der Waals surface area contributed by atoms with E-state index in [1.54, 1.807) is 14.1 Å². The van der Waals surface area contributed by atoms with E-state index in [-0.39, 0.29) is 18.6 Å². The number of nitrogens with zero attached hydrogens (tertiary/aromatic N) is 3. The molecule has 1 amide bonds. The Kier molecular flexibility index (Phi) is 7.05. The second-order valence-electron chi connectivity index (χ2n) is 8.23. The Balaban J connectivity index is 1.43. The lowest BCUT2D eigenvalue weighted by atomic mass is 10.0. The van der Waals surface area contributed by atoms with Crippen LogP contribution in [0.3, 0.4) is 0 Å². The van der Waals surface area contributed by atoms with Crippen molar-refractivity contribution in [3.05, 3.63) is 90.3 Å². The monoisotopic (exact) mass is 442 g/mol. The number of carbonyl (C=O) groups is 1. The van der Waals surface area contributed by atoms with Crippen molar-refractivity contribution in [3.63, 3.8) is 0 Å². The summed E-state index contributed by atoms with van der Waals surface area (Å²) in [4.78, 5) is 18.0. The highest BCUT2D eigenvalue weighted by Crippen LogP contribution is 2.28. The number of benzene rings is 3. The summed E-state index contributed by atoms with van der Waals surface area (Å²) in [5.74, 6) is 0.686. The third-order valence-corrected chi connectivity index (χ3v) is 5.77. The van der Waals surface area contributed by atoms with Gasteiger partial charge in [-0.3, -0.25) is 9.36 Å². The van der Waals surface area contributed by atoms with Gasteiger partial charge in [-0.1, -0.05) is 49.4 Å². The van der Waals surface area contributed by atoms with E-state index in [4.69, 9.17) is 4.74 Å². The molecule has 3 aromatic carbocycles. The molecular weight excluding hydrogens is 412 g/mol. The van der Waals surface area contributed by atoms with Gasteiger partial charge in [-0.05, 0) is 42.3 Å². The van der Waals surface area contributed by atoms with Crippen molar-refractivity contribution in [3.8, 4) is 11.4 Å². The summed E-state index contributed by atoms with van der Waals surface area (Å²) in [5, 5.41) is 3.64. The van der Waals surface area contributed by atoms with E-state index in [2.05, 4.69) is 58.2 Å². The molecule has 1 aromatic heterocycles. The summed E-state index contributed by atoms with van der Waals surface area (Å²) in [6.45, 7) is 2.91. The number of likely N-dealkylation sites (N-methyl/N-ethyl adjacent to an activating group) is 1. The zero-order valence-electron chi connectivity index (χ0n) is 19.4. The molecule has 1 atom stereocenters. The molecule has 6 heteroatoms. The van der Waals surface area contributed by atoms with Crippen LogP contribution in [0.4, 0.5) is 0 Å². The molecule has 0 saturated carbocycles. The molecule has 1 N–H and O–H groups in total. The summed E-state index contributed by atoms with van der Waals surface area (Å²) >= 11 is 0. The van der Waals surface area contributed by atoms with Crippen molar-refractivity contribution in [1.82, 2.24) is 19.8 Å². The molecule has 0 spiro atoms. The Hall–Kier alpha value is -3.64. The number of amides is 1. The van der Waals surface area contributed by atoms with Gasteiger partial charge in [0.15, 0.2) is 6.61 Å². The van der Waals surface area contributed by atoms with Gasteiger partial charge in [0.25, 0.3) is 5.91 Å². The van der Waals surface area contributed by atoms with Gasteiger partial charge in [-0.15, -0.1) is 0 Å². The van der Waals surface area contributed by atoms with Crippen LogP contribution < -0.4 is 10.1 Å². The molecule has 0 fully saturated rings. The molecule has 0 bridgehead atoms. The molecule has 1 heterocycles. The molecule has 0 radical (unpaired) electrons. The molecule has 0 saturated heterocycles. The van der Waals surface area contributed by atoms with Crippen LogP contribution in [0.5, 0.6) is 5.75 Å². The van der Waals surface area contributed by atoms with Crippen LogP contribution in [0.1, 0.15) is 30.5 Å². The predicted octanol–water partition coefficient (Wildman–Crippen LogP) is 4.73. The van der Waals surface area contributed by atoms with Crippen molar-refractivity contribution in [2.45, 2.75) is 25.9 Å². The van der Waals surface area contributed by atoms with Crippen molar-refractivity contribution in [2.24, 2.45) is 0 Å². The number of hydrogen-bond donors (Lipinski definition) is 1. The summed E-state index contributed by atoms with van der Waals surface area (Å²) in [6, 6.07) is 24.7. The standard InChI is InChI=1S/C27H30N4O2/c1-4-23(22-9-5-8-12-26(22)33-18-27(32)30(2)3)28-17-20-13-15-21(16-14-20)31-19-29-24-10-6-7-11-25(24)31/h5-16,19,23,28H,4,17-18H2,1-3H3. The number of nitrogens with one attached hydrogen (secondary N) is 1. The molecular formula is C27H30N4O2. The molecule has 0 aliphatic heterocycles. The number of hydrogen-bond acceptors (Lipinski definition) is 4. The van der Waals surface area contributed by atoms with Crippen LogP contribution >= 0.6 is 0 Å². The Morgan fingerprint density at radius 1 is 1.03 bits per heavy atom. The number of fused-ring (bicyclic) bond motifs is 1. The zero-order chi connectivity index (χ0) is 23.2. The minimum atomic E-state index is -0.0587. The average Bonchev–Trinajstić information content (AvgIpc) is 3.28. The first-order chi connectivity index (χ1) is 16.1. The van der Waals surface area contributed by atoms with Crippen molar-refractivity contribution < 1.29 is 9.53 Å². The van der Waals surface area contributed by atoms with E-state index in [0.29, 0.717) is 0 Å². The normalized spacial score (nSPS) is 12.0. The highest BCUT2D eigenvalue weighted by Gasteiger charge is 2.15. The Bertz CT molecular complexity index is 1210. The number of aromatic nitrogens is 2. The zero-order valence-corrected chi connectivity index (χ0v) is 19.4. The smallest absolute Gasteiger partial charge is 0.259 e. The SMILES string of the molecule is CCC(NCc1ccc(-n2cnc3ccccc32)cc1)c1ccccc1OCC(=O)N(C)C. The molecule has 170 valence electrons. The fraction of sp³-hybridized carbons (Fsp3) is 0.259. The molecule has 33 heavy (non-hydrogen) atoms. The molecule has 6 nitrogen and oxygen atoms in total. The van der Waals surface area contributed by atoms with Gasteiger partial charge in [0.2, 0.25) is 0 Å². The van der Waals surface area contributed by atoms with Gasteiger partial charge in [-0.2, -0.15) is 0 Å². The third-order valence-electron chi connectivity index (χ3n) is 5.77. The largest absolute Gasteiger partial charge is 0.483 e. The number of para-hydroxylation sites is 3. The maximum atomic E-state index is 11.9. The van der Waals surface area contributed by atoms with E-state index in [1.165, 1.54) is 10.5 Å². The average molecular weight is 443 g/mol. The number of rotatable bonds is 9. The highest BCUT2D eigenvalue weighted by atomic mass is 16.5. The maximum Gasteiger partial charge on any atom is 0.259 e. The number of imidazole rings is 1. The molecule has 1 unspecified atom stereocenters. The van der Waals surface area contributed by atoms with Crippen LogP contribution in [-0.2, 0) is 11.3 Å². The first-order valence-electron chi connectivity index (χ1n) is 11.2. The fourth-order valence-corrected chi connectivity index (χ4v) is 3.82. The van der Waals surface area contributed by atoms with Crippen LogP contribution in [0.25, 0.3) is 16.7 Å². The molecule has 0 aliphatic rings. The minimum absolute atomic E-state index is 0.0326. The van der Waals surface area contributed by atoms with E-state index < -0.39 is 0 Å². The second-order valence-corrected chi connectivity index (χ2v) is 8.23. The van der Waals surface area contributed by atoms with Gasteiger partial charge in [0.05, 0.1) is 11.0 Å². The third kappa shape index (κ3) is 5.23. The van der Waals surface area contributed by atoms with Gasteiger partial charge >= 0.3 is 0 Å². The lowest BCUT2D eigenvalue weighted by Crippen LogP contribution is -2.28. The van der Waals surface area contributed by atoms with E-state index in [0.717, 1.165) is 41.0 Å². The summed E-state index contributed by atoms with van der Waals surface area (Å²) in [6.07, 6.45) is 2.77. The topological polar surface area (TPSA) is 59.4 Å². The first-order valence-corrected chi connectivity index (χ1v) is 11.2. The van der Waals surface area contributed by atoms with Gasteiger partial charge in [0.1, 0.15) is 12.1 Å². The molecule has 0 aliphatic carbocycles. The van der Waals surface area contributed by atoms with Gasteiger partial charge in [0, 0.05) is 37.9 Å². The van der Waals surface area contributed by atoms with Crippen LogP contribution in [0, 0.1) is 0 Å². The van der Waals surface area contributed by atoms with Gasteiger partial charge in [-0.25, -0.2) is 4.98 Å². The van der Waals surface area contributed by atoms with Gasteiger partial charge < -0.3 is 15.0 Å². The lowest BCUT2D eigenvalue weighted by Gasteiger charge is -2.21. The molecule has 4 aromatic rings. The highest BCUT2D eigenvalue weighted by molar-refractivity contribution is 5.77. The summed E-state index contributed by atoms with van der Waals surface area (Å²) in [5.41, 5.74) is 5.43. The van der Waals surface area contributed by atoms with Crippen LogP contribution in [0.2, 0.25) is 0 Å². The Labute approximate surface area is 194 Å².